The maximum Gasteiger partial charge on any atom is 0.173 e. The van der Waals surface area contributed by atoms with Crippen LogP contribution in [0.4, 0.5) is 0 Å². The normalized spacial score (nSPS) is 18.4. The van der Waals surface area contributed by atoms with E-state index in [1.165, 1.54) is 0 Å². The number of aliphatic hydroxyl groups excluding tert-OH is 4. The number of aliphatic hydroxyl groups is 4. The van der Waals surface area contributed by atoms with Crippen molar-refractivity contribution in [3.8, 4) is 0 Å². The van der Waals surface area contributed by atoms with Crippen molar-refractivity contribution in [2.45, 2.75) is 18.3 Å². The predicted octanol–water partition coefficient (Wildman–Crippen LogP) is -2.44. The molecule has 0 aliphatic rings. The van der Waals surface area contributed by atoms with Crippen LogP contribution in [-0.4, -0.2) is 56.9 Å². The molecule has 12 heavy (non-hydrogen) atoms. The summed E-state index contributed by atoms with van der Waals surface area (Å²) in [5.74, 6) is -0.922. The Bertz CT molecular complexity index is 151. The van der Waals surface area contributed by atoms with Crippen LogP contribution >= 0.6 is 12.6 Å². The lowest BCUT2D eigenvalue weighted by Crippen LogP contribution is -2.44. The molecule has 0 radical (unpaired) electrons. The fraction of sp³-hybridized carbons (Fsp3) is 0.833. The van der Waals surface area contributed by atoms with E-state index in [1.807, 2.05) is 0 Å². The fourth-order valence-corrected chi connectivity index (χ4v) is 0.789. The summed E-state index contributed by atoms with van der Waals surface area (Å²) >= 11 is 3.58. The van der Waals surface area contributed by atoms with Gasteiger partial charge in [-0.05, 0) is 0 Å². The number of hydrogen-bond acceptors (Lipinski definition) is 6. The second kappa shape index (κ2) is 5.50. The molecule has 0 rings (SSSR count). The standard InChI is InChI=1S/C6H12O5S/c7-1-3(8)5(10)6(11)4(9)2-12/h3,5-8,10-12H,1-2H2/t3-,5+,6+/m1/s1. The zero-order valence-electron chi connectivity index (χ0n) is 6.29. The summed E-state index contributed by atoms with van der Waals surface area (Å²) in [4.78, 5) is 10.7. The lowest BCUT2D eigenvalue weighted by molar-refractivity contribution is -0.137. The maximum atomic E-state index is 10.7. The van der Waals surface area contributed by atoms with Gasteiger partial charge in [0.15, 0.2) is 5.78 Å². The van der Waals surface area contributed by atoms with Gasteiger partial charge in [0.05, 0.1) is 12.4 Å². The highest BCUT2D eigenvalue weighted by Gasteiger charge is 2.28. The van der Waals surface area contributed by atoms with Crippen LogP contribution in [0, 0.1) is 0 Å². The smallest absolute Gasteiger partial charge is 0.173 e. The Labute approximate surface area is 75.1 Å². The van der Waals surface area contributed by atoms with E-state index in [0.717, 1.165) is 0 Å². The first kappa shape index (κ1) is 11.9. The second-order valence-corrected chi connectivity index (χ2v) is 2.63. The largest absolute Gasteiger partial charge is 0.394 e. The minimum atomic E-state index is -1.69. The topological polar surface area (TPSA) is 98.0 Å². The van der Waals surface area contributed by atoms with Crippen LogP contribution in [-0.2, 0) is 4.79 Å². The van der Waals surface area contributed by atoms with Crippen LogP contribution in [0.3, 0.4) is 0 Å². The molecule has 0 aromatic heterocycles. The summed E-state index contributed by atoms with van der Waals surface area (Å²) in [5.41, 5.74) is 0. The van der Waals surface area contributed by atoms with Gasteiger partial charge in [-0.3, -0.25) is 4.79 Å². The molecule has 3 atom stereocenters. The third kappa shape index (κ3) is 3.08. The molecule has 0 fully saturated rings. The average molecular weight is 196 g/mol. The Morgan fingerprint density at radius 2 is 1.83 bits per heavy atom. The number of Topliss-reactive ketones (excluding diaryl/α,β-unsaturated/α-hetero) is 1. The van der Waals surface area contributed by atoms with Gasteiger partial charge >= 0.3 is 0 Å². The van der Waals surface area contributed by atoms with Gasteiger partial charge in [0.1, 0.15) is 18.3 Å². The van der Waals surface area contributed by atoms with Crippen LogP contribution in [0.25, 0.3) is 0 Å². The Morgan fingerprint density at radius 1 is 1.33 bits per heavy atom. The molecule has 0 aromatic carbocycles. The summed E-state index contributed by atoms with van der Waals surface area (Å²) in [6.07, 6.45) is -4.86. The highest BCUT2D eigenvalue weighted by atomic mass is 32.1. The molecule has 0 aromatic rings. The van der Waals surface area contributed by atoms with Crippen molar-refractivity contribution in [2.75, 3.05) is 12.4 Å². The number of carbonyl (C=O) groups excluding carboxylic acids is 1. The molecule has 0 unspecified atom stereocenters. The van der Waals surface area contributed by atoms with Gasteiger partial charge in [0.25, 0.3) is 0 Å². The molecule has 0 aliphatic heterocycles. The lowest BCUT2D eigenvalue weighted by Gasteiger charge is -2.19. The third-order valence-electron chi connectivity index (χ3n) is 1.39. The maximum absolute atomic E-state index is 10.7. The van der Waals surface area contributed by atoms with E-state index < -0.39 is 30.7 Å². The quantitative estimate of drug-likeness (QED) is 0.315. The van der Waals surface area contributed by atoms with Crippen LogP contribution in [0.15, 0.2) is 0 Å². The predicted molar refractivity (Wildman–Crippen MR) is 44.0 cm³/mol. The lowest BCUT2D eigenvalue weighted by atomic mass is 10.1. The van der Waals surface area contributed by atoms with E-state index >= 15 is 0 Å². The highest BCUT2D eigenvalue weighted by molar-refractivity contribution is 7.81. The van der Waals surface area contributed by atoms with E-state index in [-0.39, 0.29) is 5.75 Å². The zero-order valence-corrected chi connectivity index (χ0v) is 7.19. The van der Waals surface area contributed by atoms with Crippen molar-refractivity contribution in [1.82, 2.24) is 0 Å². The second-order valence-electron chi connectivity index (χ2n) is 2.31. The van der Waals surface area contributed by atoms with Crippen molar-refractivity contribution in [2.24, 2.45) is 0 Å². The fourth-order valence-electron chi connectivity index (χ4n) is 0.602. The summed E-state index contributed by atoms with van der Waals surface area (Å²) < 4.78 is 0. The van der Waals surface area contributed by atoms with Crippen molar-refractivity contribution in [1.29, 1.82) is 0 Å². The SMILES string of the molecule is O=C(CS)[C@H](O)[C@@H](O)[C@H](O)CO. The molecule has 6 heteroatoms. The molecule has 0 amide bonds. The molecule has 0 bridgehead atoms. The van der Waals surface area contributed by atoms with E-state index in [2.05, 4.69) is 12.6 Å². The molecular formula is C6H12O5S. The summed E-state index contributed by atoms with van der Waals surface area (Å²) in [5, 5.41) is 35.1. The zero-order chi connectivity index (χ0) is 9.72. The van der Waals surface area contributed by atoms with E-state index in [9.17, 15) is 4.79 Å². The van der Waals surface area contributed by atoms with Crippen LogP contribution in [0.1, 0.15) is 0 Å². The molecule has 5 nitrogen and oxygen atoms in total. The first-order chi connectivity index (χ1) is 5.54. The van der Waals surface area contributed by atoms with Gasteiger partial charge in [-0.2, -0.15) is 12.6 Å². The van der Waals surface area contributed by atoms with E-state index in [4.69, 9.17) is 20.4 Å². The first-order valence-corrected chi connectivity index (χ1v) is 3.96. The van der Waals surface area contributed by atoms with Gasteiger partial charge in [0, 0.05) is 0 Å². The molecule has 0 heterocycles. The summed E-state index contributed by atoms with van der Waals surface area (Å²) in [7, 11) is 0. The van der Waals surface area contributed by atoms with Crippen molar-refractivity contribution in [3.05, 3.63) is 0 Å². The van der Waals surface area contributed by atoms with Gasteiger partial charge in [0.2, 0.25) is 0 Å². The Kier molecular flexibility index (Phi) is 5.43. The highest BCUT2D eigenvalue weighted by Crippen LogP contribution is 2.01. The Hall–Kier alpha value is -0.140. The molecule has 0 aliphatic carbocycles. The Morgan fingerprint density at radius 3 is 2.17 bits per heavy atom. The van der Waals surface area contributed by atoms with Gasteiger partial charge < -0.3 is 20.4 Å². The molecule has 0 saturated carbocycles. The van der Waals surface area contributed by atoms with Gasteiger partial charge in [-0.1, -0.05) is 0 Å². The molecular weight excluding hydrogens is 184 g/mol. The van der Waals surface area contributed by atoms with Crippen molar-refractivity contribution >= 4 is 18.4 Å². The number of hydrogen-bond donors (Lipinski definition) is 5. The summed E-state index contributed by atoms with van der Waals surface area (Å²) in [6, 6.07) is 0. The number of thiol groups is 1. The minimum absolute atomic E-state index is 0.226. The number of ketones is 1. The van der Waals surface area contributed by atoms with Crippen LogP contribution < -0.4 is 0 Å². The third-order valence-corrected chi connectivity index (χ3v) is 1.70. The molecule has 0 spiro atoms. The van der Waals surface area contributed by atoms with Crippen LogP contribution in [0.5, 0.6) is 0 Å². The van der Waals surface area contributed by atoms with Gasteiger partial charge in [-0.15, -0.1) is 0 Å². The Balaban J connectivity index is 4.08. The number of carbonyl (C=O) groups is 1. The van der Waals surface area contributed by atoms with E-state index in [1.54, 1.807) is 0 Å². The number of rotatable bonds is 5. The van der Waals surface area contributed by atoms with Crippen molar-refractivity contribution in [3.63, 3.8) is 0 Å². The average Bonchev–Trinajstić information content (AvgIpc) is 2.12. The van der Waals surface area contributed by atoms with Gasteiger partial charge in [-0.25, -0.2) is 0 Å². The molecule has 4 N–H and O–H groups in total. The molecule has 72 valence electrons. The minimum Gasteiger partial charge on any atom is -0.394 e. The monoisotopic (exact) mass is 196 g/mol. The molecule has 0 saturated heterocycles. The van der Waals surface area contributed by atoms with Crippen molar-refractivity contribution < 1.29 is 25.2 Å². The first-order valence-electron chi connectivity index (χ1n) is 3.33. The van der Waals surface area contributed by atoms with E-state index in [0.29, 0.717) is 0 Å². The summed E-state index contributed by atoms with van der Waals surface area (Å²) in [6.45, 7) is -0.710. The van der Waals surface area contributed by atoms with Crippen LogP contribution in [0.2, 0.25) is 0 Å².